The van der Waals surface area contributed by atoms with Crippen molar-refractivity contribution in [3.63, 3.8) is 0 Å². The van der Waals surface area contributed by atoms with Crippen LogP contribution in [0.5, 0.6) is 5.75 Å². The van der Waals surface area contributed by atoms with E-state index in [4.69, 9.17) is 10.00 Å². The quantitative estimate of drug-likeness (QED) is 0.844. The minimum absolute atomic E-state index is 0.0359. The smallest absolute Gasteiger partial charge is 0.174 e. The summed E-state index contributed by atoms with van der Waals surface area (Å²) in [4.78, 5) is 0. The van der Waals surface area contributed by atoms with E-state index >= 15 is 0 Å². The van der Waals surface area contributed by atoms with Crippen molar-refractivity contribution in [2.75, 3.05) is 11.9 Å². The molecule has 0 unspecified atom stereocenters. The molecule has 4 rings (SSSR count). The van der Waals surface area contributed by atoms with Crippen LogP contribution in [0, 0.1) is 23.1 Å². The van der Waals surface area contributed by atoms with E-state index in [1.807, 2.05) is 36.4 Å². The van der Waals surface area contributed by atoms with E-state index in [0.717, 1.165) is 17.5 Å². The van der Waals surface area contributed by atoms with Crippen LogP contribution in [0.4, 0.5) is 10.1 Å². The predicted octanol–water partition coefficient (Wildman–Crippen LogP) is 4.55. The highest BCUT2D eigenvalue weighted by Crippen LogP contribution is 2.50. The van der Waals surface area contributed by atoms with Gasteiger partial charge in [0.05, 0.1) is 11.7 Å². The second-order valence-corrected chi connectivity index (χ2v) is 6.20. The van der Waals surface area contributed by atoms with Gasteiger partial charge in [0.2, 0.25) is 0 Å². The Kier molecular flexibility index (Phi) is 3.70. The summed E-state index contributed by atoms with van der Waals surface area (Å²) in [5, 5.41) is 12.0. The number of nitriles is 1. The van der Waals surface area contributed by atoms with Gasteiger partial charge in [-0.15, -0.1) is 0 Å². The van der Waals surface area contributed by atoms with Gasteiger partial charge in [-0.2, -0.15) is 5.26 Å². The summed E-state index contributed by atoms with van der Waals surface area (Å²) < 4.78 is 19.6. The lowest BCUT2D eigenvalue weighted by molar-refractivity contribution is 0.367. The molecule has 120 valence electrons. The summed E-state index contributed by atoms with van der Waals surface area (Å²) in [6, 6.07) is 15.0. The van der Waals surface area contributed by atoms with Crippen LogP contribution < -0.4 is 10.1 Å². The van der Waals surface area contributed by atoms with Gasteiger partial charge in [0.1, 0.15) is 17.6 Å². The summed E-state index contributed by atoms with van der Waals surface area (Å²) in [5.74, 6) is 1.09. The zero-order valence-corrected chi connectivity index (χ0v) is 13.1. The van der Waals surface area contributed by atoms with Gasteiger partial charge >= 0.3 is 0 Å². The average molecular weight is 320 g/mol. The Morgan fingerprint density at radius 1 is 1.21 bits per heavy atom. The molecule has 1 heterocycles. The van der Waals surface area contributed by atoms with Gasteiger partial charge in [0, 0.05) is 5.92 Å². The fourth-order valence-corrected chi connectivity index (χ4v) is 3.80. The molecule has 0 radical (unpaired) electrons. The second-order valence-electron chi connectivity index (χ2n) is 6.20. The molecule has 0 aromatic heterocycles. The van der Waals surface area contributed by atoms with Crippen molar-refractivity contribution in [2.24, 2.45) is 5.92 Å². The maximum absolute atomic E-state index is 14.3. The van der Waals surface area contributed by atoms with Gasteiger partial charge in [-0.3, -0.25) is 0 Å². The van der Waals surface area contributed by atoms with E-state index in [-0.39, 0.29) is 24.4 Å². The number of fused-ring (bicyclic) bond motifs is 3. The van der Waals surface area contributed by atoms with Crippen LogP contribution in [0.1, 0.15) is 29.5 Å². The molecular weight excluding hydrogens is 303 g/mol. The van der Waals surface area contributed by atoms with Crippen molar-refractivity contribution in [1.29, 1.82) is 5.26 Å². The molecule has 3 atom stereocenters. The number of ether oxygens (including phenoxy) is 1. The molecule has 0 fully saturated rings. The number of para-hydroxylation sites is 1. The molecule has 0 saturated heterocycles. The van der Waals surface area contributed by atoms with Crippen molar-refractivity contribution in [3.8, 4) is 11.8 Å². The van der Waals surface area contributed by atoms with Gasteiger partial charge in [-0.1, -0.05) is 36.4 Å². The van der Waals surface area contributed by atoms with Crippen LogP contribution in [0.15, 0.2) is 54.6 Å². The van der Waals surface area contributed by atoms with Crippen molar-refractivity contribution in [3.05, 3.63) is 71.6 Å². The monoisotopic (exact) mass is 320 g/mol. The minimum Gasteiger partial charge on any atom is -0.479 e. The predicted molar refractivity (Wildman–Crippen MR) is 90.3 cm³/mol. The first-order chi connectivity index (χ1) is 11.8. The topological polar surface area (TPSA) is 45.0 Å². The van der Waals surface area contributed by atoms with E-state index in [2.05, 4.69) is 17.5 Å². The zero-order chi connectivity index (χ0) is 16.5. The SMILES string of the molecule is N#CCOc1ccc([C@@H]2Nc3c(F)cccc3[C@@H]3C=CC[C@@H]32)cc1. The molecule has 0 spiro atoms. The molecule has 1 aliphatic carbocycles. The summed E-state index contributed by atoms with van der Waals surface area (Å²) in [7, 11) is 0. The molecule has 0 bridgehead atoms. The van der Waals surface area contributed by atoms with Crippen LogP contribution in [0.2, 0.25) is 0 Å². The van der Waals surface area contributed by atoms with Gasteiger partial charge in [-0.25, -0.2) is 4.39 Å². The van der Waals surface area contributed by atoms with Crippen LogP contribution in [0.3, 0.4) is 0 Å². The Hall–Kier alpha value is -2.80. The van der Waals surface area contributed by atoms with E-state index in [0.29, 0.717) is 17.4 Å². The van der Waals surface area contributed by atoms with Crippen molar-refractivity contribution in [2.45, 2.75) is 18.4 Å². The highest BCUT2D eigenvalue weighted by atomic mass is 19.1. The van der Waals surface area contributed by atoms with Crippen molar-refractivity contribution in [1.82, 2.24) is 0 Å². The Balaban J connectivity index is 1.67. The Morgan fingerprint density at radius 3 is 2.83 bits per heavy atom. The number of benzene rings is 2. The Bertz CT molecular complexity index is 823. The van der Waals surface area contributed by atoms with Gasteiger partial charge in [-0.05, 0) is 41.7 Å². The van der Waals surface area contributed by atoms with Crippen LogP contribution >= 0.6 is 0 Å². The number of rotatable bonds is 3. The first-order valence-corrected chi connectivity index (χ1v) is 8.09. The number of allylic oxidation sites excluding steroid dienone is 2. The van der Waals surface area contributed by atoms with Crippen LogP contribution in [-0.2, 0) is 0 Å². The molecule has 2 aromatic carbocycles. The van der Waals surface area contributed by atoms with E-state index in [1.54, 1.807) is 6.07 Å². The molecule has 2 aromatic rings. The van der Waals surface area contributed by atoms with Crippen LogP contribution in [-0.4, -0.2) is 6.61 Å². The number of halogens is 1. The van der Waals surface area contributed by atoms with E-state index in [9.17, 15) is 4.39 Å². The summed E-state index contributed by atoms with van der Waals surface area (Å²) in [6.45, 7) is 0.0359. The highest BCUT2D eigenvalue weighted by molar-refractivity contribution is 5.60. The maximum Gasteiger partial charge on any atom is 0.174 e. The highest BCUT2D eigenvalue weighted by Gasteiger charge is 2.38. The third kappa shape index (κ3) is 2.43. The minimum atomic E-state index is -0.203. The lowest BCUT2D eigenvalue weighted by Crippen LogP contribution is -2.29. The summed E-state index contributed by atoms with van der Waals surface area (Å²) in [5.41, 5.74) is 2.76. The van der Waals surface area contributed by atoms with Crippen molar-refractivity contribution < 1.29 is 9.13 Å². The number of nitrogens with one attached hydrogen (secondary N) is 1. The fourth-order valence-electron chi connectivity index (χ4n) is 3.80. The molecule has 0 amide bonds. The van der Waals surface area contributed by atoms with Gasteiger partial charge < -0.3 is 10.1 Å². The zero-order valence-electron chi connectivity index (χ0n) is 13.1. The first-order valence-electron chi connectivity index (χ1n) is 8.09. The third-order valence-electron chi connectivity index (χ3n) is 4.89. The lowest BCUT2D eigenvalue weighted by atomic mass is 9.77. The number of nitrogens with zero attached hydrogens (tertiary/aromatic N) is 1. The number of hydrogen-bond donors (Lipinski definition) is 1. The van der Waals surface area contributed by atoms with Gasteiger partial charge in [0.25, 0.3) is 0 Å². The molecule has 4 heteroatoms. The average Bonchev–Trinajstić information content (AvgIpc) is 3.10. The van der Waals surface area contributed by atoms with E-state index in [1.165, 1.54) is 6.07 Å². The standard InChI is InChI=1S/C20H17FN2O/c21-18-6-2-5-17-15-3-1-4-16(15)19(23-20(17)18)13-7-9-14(10-8-13)24-12-11-22/h1-3,5-10,15-16,19,23H,4,12H2/t15-,16+,19+/m1/s1. The lowest BCUT2D eigenvalue weighted by Gasteiger charge is -2.37. The fraction of sp³-hybridized carbons (Fsp3) is 0.250. The molecule has 1 aliphatic heterocycles. The Labute approximate surface area is 140 Å². The molecule has 3 nitrogen and oxygen atoms in total. The van der Waals surface area contributed by atoms with Gasteiger partial charge in [0.15, 0.2) is 6.61 Å². The molecule has 24 heavy (non-hydrogen) atoms. The normalized spacial score (nSPS) is 23.8. The first kappa shape index (κ1) is 14.8. The van der Waals surface area contributed by atoms with E-state index < -0.39 is 0 Å². The summed E-state index contributed by atoms with van der Waals surface area (Å²) in [6.07, 6.45) is 5.36. The molecular formula is C20H17FN2O. The van der Waals surface area contributed by atoms with Crippen molar-refractivity contribution >= 4 is 5.69 Å². The Morgan fingerprint density at radius 2 is 2.04 bits per heavy atom. The van der Waals surface area contributed by atoms with Crippen LogP contribution in [0.25, 0.3) is 0 Å². The summed E-state index contributed by atoms with van der Waals surface area (Å²) >= 11 is 0. The number of anilines is 1. The number of hydrogen-bond acceptors (Lipinski definition) is 3. The largest absolute Gasteiger partial charge is 0.479 e. The molecule has 1 N–H and O–H groups in total. The maximum atomic E-state index is 14.3. The second kappa shape index (κ2) is 6.01. The molecule has 2 aliphatic rings. The third-order valence-corrected chi connectivity index (χ3v) is 4.89. The molecule has 0 saturated carbocycles.